The van der Waals surface area contributed by atoms with Crippen molar-refractivity contribution < 1.29 is 14.0 Å². The van der Waals surface area contributed by atoms with E-state index < -0.39 is 8.32 Å². The number of hydrogen-bond acceptors (Lipinski definition) is 3. The maximum absolute atomic E-state index is 12.5. The highest BCUT2D eigenvalue weighted by molar-refractivity contribution is 6.99. The van der Waals surface area contributed by atoms with Crippen LogP contribution in [0.3, 0.4) is 0 Å². The second-order valence-corrected chi connectivity index (χ2v) is 15.2. The Morgan fingerprint density at radius 2 is 1.41 bits per heavy atom. The van der Waals surface area contributed by atoms with Gasteiger partial charge in [-0.3, -0.25) is 4.79 Å². The molecule has 4 rings (SSSR count). The molecule has 3 nitrogen and oxygen atoms in total. The molecule has 3 aromatic carbocycles. The van der Waals surface area contributed by atoms with E-state index in [0.29, 0.717) is 13.0 Å². The van der Waals surface area contributed by atoms with Crippen molar-refractivity contribution in [3.05, 3.63) is 96.6 Å². The largest absolute Gasteiger partial charge is 0.407 e. The van der Waals surface area contributed by atoms with Crippen LogP contribution in [0.1, 0.15) is 58.4 Å². The average molecular weight is 511 g/mol. The van der Waals surface area contributed by atoms with Gasteiger partial charge in [0.15, 0.2) is 0 Å². The Morgan fingerprint density at radius 3 is 1.97 bits per heavy atom. The van der Waals surface area contributed by atoms with Crippen molar-refractivity contribution in [3.63, 3.8) is 0 Å². The molecule has 1 saturated heterocycles. The Bertz CT molecular complexity index is 1150. The molecule has 0 aliphatic carbocycles. The van der Waals surface area contributed by atoms with Crippen LogP contribution in [0.2, 0.25) is 5.04 Å². The summed E-state index contributed by atoms with van der Waals surface area (Å²) in [5.41, 5.74) is 0.860. The lowest BCUT2D eigenvalue weighted by atomic mass is 9.99. The summed E-state index contributed by atoms with van der Waals surface area (Å²) in [6.45, 7) is 7.53. The van der Waals surface area contributed by atoms with Crippen LogP contribution in [0, 0.1) is 11.8 Å². The van der Waals surface area contributed by atoms with Gasteiger partial charge >= 0.3 is 0 Å². The number of benzene rings is 3. The van der Waals surface area contributed by atoms with Crippen LogP contribution in [0.5, 0.6) is 0 Å². The third-order valence-corrected chi connectivity index (χ3v) is 12.2. The first kappa shape index (κ1) is 27.1. The van der Waals surface area contributed by atoms with Crippen LogP contribution in [-0.2, 0) is 14.0 Å². The van der Waals surface area contributed by atoms with Gasteiger partial charge in [0.2, 0.25) is 5.78 Å². The van der Waals surface area contributed by atoms with E-state index in [1.807, 2.05) is 30.3 Å². The van der Waals surface area contributed by atoms with E-state index in [4.69, 9.17) is 9.16 Å². The Hall–Kier alpha value is -2.97. The molecule has 0 unspecified atom stereocenters. The van der Waals surface area contributed by atoms with Gasteiger partial charge in [0, 0.05) is 18.6 Å². The standard InChI is InChI=1S/C33H38O3Si/c1-33(2,3)37(31-18-9-5-10-19-31,32-20-11-6-12-21-32)35-25-24-29-16-13-17-30(36-29)26-28(34)23-22-27-14-7-4-8-15-27/h4-12,14-15,18-21,29-30H,13,16-17,24-26H2,1-3H3/t29-,30+/m0/s1. The van der Waals surface area contributed by atoms with Crippen LogP contribution in [-0.4, -0.2) is 32.9 Å². The van der Waals surface area contributed by atoms with E-state index in [2.05, 4.69) is 93.3 Å². The molecule has 0 aromatic heterocycles. The zero-order valence-electron chi connectivity index (χ0n) is 22.3. The van der Waals surface area contributed by atoms with Gasteiger partial charge in [-0.15, -0.1) is 0 Å². The summed E-state index contributed by atoms with van der Waals surface area (Å²) in [6.07, 6.45) is 4.19. The Morgan fingerprint density at radius 1 is 0.865 bits per heavy atom. The average Bonchev–Trinajstić information content (AvgIpc) is 2.91. The number of rotatable bonds is 8. The molecule has 2 atom stereocenters. The highest BCUT2D eigenvalue weighted by atomic mass is 28.4. The molecular formula is C33H38O3Si. The zero-order valence-corrected chi connectivity index (χ0v) is 23.3. The van der Waals surface area contributed by atoms with Crippen molar-refractivity contribution in [2.75, 3.05) is 6.61 Å². The summed E-state index contributed by atoms with van der Waals surface area (Å²) in [5, 5.41) is 2.53. The van der Waals surface area contributed by atoms with Gasteiger partial charge in [-0.25, -0.2) is 0 Å². The topological polar surface area (TPSA) is 35.5 Å². The van der Waals surface area contributed by atoms with Gasteiger partial charge in [0.1, 0.15) is 0 Å². The van der Waals surface area contributed by atoms with Crippen LogP contribution in [0.25, 0.3) is 0 Å². The molecule has 0 bridgehead atoms. The lowest BCUT2D eigenvalue weighted by molar-refractivity contribution is -0.120. The molecule has 3 aromatic rings. The third kappa shape index (κ3) is 6.87. The van der Waals surface area contributed by atoms with E-state index in [-0.39, 0.29) is 23.0 Å². The van der Waals surface area contributed by atoms with Gasteiger partial charge in [-0.05, 0) is 59.1 Å². The predicted octanol–water partition coefficient (Wildman–Crippen LogP) is 5.90. The van der Waals surface area contributed by atoms with Crippen LogP contribution in [0.4, 0.5) is 0 Å². The number of ketones is 1. The summed E-state index contributed by atoms with van der Waals surface area (Å²) >= 11 is 0. The number of carbonyl (C=O) groups excluding carboxylic acids is 1. The molecule has 0 N–H and O–H groups in total. The second kappa shape index (κ2) is 12.5. The van der Waals surface area contributed by atoms with Gasteiger partial charge in [-0.1, -0.05) is 106 Å². The summed E-state index contributed by atoms with van der Waals surface area (Å²) in [6, 6.07) is 31.1. The minimum absolute atomic E-state index is 0.0461. The minimum Gasteiger partial charge on any atom is -0.407 e. The molecule has 1 aliphatic rings. The smallest absolute Gasteiger partial charge is 0.261 e. The van der Waals surface area contributed by atoms with Crippen molar-refractivity contribution >= 4 is 24.5 Å². The molecule has 1 aliphatic heterocycles. The quantitative estimate of drug-likeness (QED) is 0.280. The van der Waals surface area contributed by atoms with Crippen molar-refractivity contribution in [3.8, 4) is 11.8 Å². The lowest BCUT2D eigenvalue weighted by Gasteiger charge is -2.43. The number of ether oxygens (including phenoxy) is 1. The van der Waals surface area contributed by atoms with Gasteiger partial charge in [-0.2, -0.15) is 0 Å². The van der Waals surface area contributed by atoms with E-state index in [9.17, 15) is 4.79 Å². The highest BCUT2D eigenvalue weighted by Gasteiger charge is 2.50. The number of Topliss-reactive ketones (excluding diaryl/α,β-unsaturated/α-hetero) is 1. The molecule has 0 radical (unpaired) electrons. The van der Waals surface area contributed by atoms with Crippen molar-refractivity contribution in [1.29, 1.82) is 0 Å². The second-order valence-electron chi connectivity index (χ2n) is 10.9. The first-order valence-electron chi connectivity index (χ1n) is 13.4. The highest BCUT2D eigenvalue weighted by Crippen LogP contribution is 2.37. The fraction of sp³-hybridized carbons (Fsp3) is 0.364. The fourth-order valence-corrected chi connectivity index (χ4v) is 9.95. The van der Waals surface area contributed by atoms with Crippen molar-refractivity contribution in [2.45, 2.75) is 70.1 Å². The van der Waals surface area contributed by atoms with E-state index in [0.717, 1.165) is 31.2 Å². The van der Waals surface area contributed by atoms with Gasteiger partial charge in [0.25, 0.3) is 8.32 Å². The summed E-state index contributed by atoms with van der Waals surface area (Å²) in [4.78, 5) is 12.5. The molecular weight excluding hydrogens is 472 g/mol. The molecule has 0 saturated carbocycles. The van der Waals surface area contributed by atoms with Crippen LogP contribution in [0.15, 0.2) is 91.0 Å². The first-order chi connectivity index (χ1) is 17.9. The normalized spacial score (nSPS) is 18.0. The third-order valence-electron chi connectivity index (χ3n) is 7.15. The van der Waals surface area contributed by atoms with E-state index >= 15 is 0 Å². The molecule has 192 valence electrons. The molecule has 4 heteroatoms. The Kier molecular flexibility index (Phi) is 9.16. The number of hydrogen-bond donors (Lipinski definition) is 0. The monoisotopic (exact) mass is 510 g/mol. The minimum atomic E-state index is -2.55. The SMILES string of the molecule is CC(C)(C)[Si](OCC[C@@H]1CCC[C@H](CC(=O)C#Cc2ccccc2)O1)(c1ccccc1)c1ccccc1. The van der Waals surface area contributed by atoms with E-state index in [1.54, 1.807) is 0 Å². The Labute approximate surface area is 223 Å². The van der Waals surface area contributed by atoms with Crippen LogP contribution < -0.4 is 10.4 Å². The van der Waals surface area contributed by atoms with Gasteiger partial charge in [0.05, 0.1) is 12.2 Å². The molecule has 37 heavy (non-hydrogen) atoms. The molecule has 0 spiro atoms. The molecule has 1 heterocycles. The number of carbonyl (C=O) groups is 1. The van der Waals surface area contributed by atoms with Gasteiger partial charge < -0.3 is 9.16 Å². The lowest BCUT2D eigenvalue weighted by Crippen LogP contribution is -2.66. The zero-order chi connectivity index (χ0) is 26.1. The maximum atomic E-state index is 12.5. The molecule has 1 fully saturated rings. The predicted molar refractivity (Wildman–Crippen MR) is 154 cm³/mol. The summed E-state index contributed by atoms with van der Waals surface area (Å²) < 4.78 is 13.4. The maximum Gasteiger partial charge on any atom is 0.261 e. The Balaban J connectivity index is 1.41. The van der Waals surface area contributed by atoms with E-state index in [1.165, 1.54) is 10.4 Å². The molecule has 0 amide bonds. The van der Waals surface area contributed by atoms with Crippen molar-refractivity contribution in [2.24, 2.45) is 0 Å². The van der Waals surface area contributed by atoms with Crippen LogP contribution >= 0.6 is 0 Å². The summed E-state index contributed by atoms with van der Waals surface area (Å²) in [7, 11) is -2.55. The summed E-state index contributed by atoms with van der Waals surface area (Å²) in [5.74, 6) is 5.70. The fourth-order valence-electron chi connectivity index (χ4n) is 5.37. The first-order valence-corrected chi connectivity index (χ1v) is 15.3. The van der Waals surface area contributed by atoms with Crippen molar-refractivity contribution in [1.82, 2.24) is 0 Å².